The number of aryl methyl sites for hydroxylation is 1. The van der Waals surface area contributed by atoms with Gasteiger partial charge in [0.05, 0.1) is 17.7 Å². The van der Waals surface area contributed by atoms with Gasteiger partial charge in [-0.05, 0) is 73.7 Å². The van der Waals surface area contributed by atoms with Crippen molar-refractivity contribution in [3.8, 4) is 0 Å². The molecule has 0 spiro atoms. The van der Waals surface area contributed by atoms with Crippen molar-refractivity contribution >= 4 is 34.9 Å². The number of hydrogen-bond acceptors (Lipinski definition) is 5. The van der Waals surface area contributed by atoms with Crippen molar-refractivity contribution in [1.82, 2.24) is 15.2 Å². The van der Waals surface area contributed by atoms with Gasteiger partial charge in [-0.15, -0.1) is 23.1 Å². The van der Waals surface area contributed by atoms with Gasteiger partial charge in [-0.1, -0.05) is 18.2 Å². The minimum atomic E-state index is -0.0637. The predicted octanol–water partition coefficient (Wildman–Crippen LogP) is 5.09. The Bertz CT molecular complexity index is 1110. The molecule has 2 amide bonds. The first-order valence-corrected chi connectivity index (χ1v) is 13.8. The number of piperidine rings is 1. The summed E-state index contributed by atoms with van der Waals surface area (Å²) < 4.78 is 0. The Morgan fingerprint density at radius 3 is 2.56 bits per heavy atom. The van der Waals surface area contributed by atoms with Crippen molar-refractivity contribution in [1.29, 1.82) is 0 Å². The molecule has 2 aromatic heterocycles. The summed E-state index contributed by atoms with van der Waals surface area (Å²) in [7, 11) is 0. The molecule has 0 aliphatic carbocycles. The number of thioether (sulfide) groups is 1. The van der Waals surface area contributed by atoms with Gasteiger partial charge in [0, 0.05) is 41.0 Å². The molecule has 0 bridgehead atoms. The van der Waals surface area contributed by atoms with E-state index in [0.29, 0.717) is 31.6 Å². The van der Waals surface area contributed by atoms with Crippen LogP contribution in [0.15, 0.2) is 58.8 Å². The highest BCUT2D eigenvalue weighted by Gasteiger charge is 2.28. The Balaban J connectivity index is 1.35. The Labute approximate surface area is 210 Å². The number of pyridine rings is 1. The summed E-state index contributed by atoms with van der Waals surface area (Å²) >= 11 is 3.41. The largest absolute Gasteiger partial charge is 0.352 e. The van der Waals surface area contributed by atoms with E-state index in [2.05, 4.69) is 28.9 Å². The molecule has 0 atom stereocenters. The maximum atomic E-state index is 13.0. The Hall–Kier alpha value is -2.64. The first-order chi connectivity index (χ1) is 16.5. The summed E-state index contributed by atoms with van der Waals surface area (Å²) in [6, 6.07) is 16.1. The van der Waals surface area contributed by atoms with Crippen molar-refractivity contribution in [2.24, 2.45) is 0 Å². The first-order valence-electron chi connectivity index (χ1n) is 11.7. The molecule has 1 saturated heterocycles. The monoisotopic (exact) mass is 493 g/mol. The van der Waals surface area contributed by atoms with E-state index in [1.165, 1.54) is 9.77 Å². The van der Waals surface area contributed by atoms with Crippen LogP contribution in [0.5, 0.6) is 0 Å². The van der Waals surface area contributed by atoms with E-state index < -0.39 is 0 Å². The minimum Gasteiger partial charge on any atom is -0.352 e. The van der Waals surface area contributed by atoms with Crippen molar-refractivity contribution in [2.45, 2.75) is 43.4 Å². The first kappa shape index (κ1) is 24.5. The fraction of sp³-hybridized carbons (Fsp3) is 0.370. The van der Waals surface area contributed by atoms with Crippen LogP contribution in [0.1, 0.15) is 50.9 Å². The standard InChI is InChI=1S/C27H31N3O2S2/c1-19-5-10-24(27(32)28-14-11-23-4-3-17-34-23)26(29-19)21-12-15-30(16-13-21)25(31)18-20-6-8-22(33-2)9-7-20/h3-10,17,21H,11-16,18H2,1-2H3,(H,28,32). The number of amides is 2. The molecule has 4 rings (SSSR count). The summed E-state index contributed by atoms with van der Waals surface area (Å²) in [5.74, 6) is 0.285. The molecule has 178 valence electrons. The van der Waals surface area contributed by atoms with Crippen LogP contribution in [-0.4, -0.2) is 47.6 Å². The molecule has 0 radical (unpaired) electrons. The van der Waals surface area contributed by atoms with E-state index in [1.54, 1.807) is 23.1 Å². The third kappa shape index (κ3) is 6.27. The van der Waals surface area contributed by atoms with E-state index in [9.17, 15) is 9.59 Å². The van der Waals surface area contributed by atoms with Gasteiger partial charge < -0.3 is 10.2 Å². The van der Waals surface area contributed by atoms with Crippen molar-refractivity contribution in [2.75, 3.05) is 25.9 Å². The Morgan fingerprint density at radius 2 is 1.88 bits per heavy atom. The Kier molecular flexibility index (Phi) is 8.40. The minimum absolute atomic E-state index is 0.0637. The maximum absolute atomic E-state index is 13.0. The van der Waals surface area contributed by atoms with Crippen LogP contribution in [0.4, 0.5) is 0 Å². The number of rotatable bonds is 8. The van der Waals surface area contributed by atoms with Crippen LogP contribution >= 0.6 is 23.1 Å². The SMILES string of the molecule is CSc1ccc(CC(=O)N2CCC(c3nc(C)ccc3C(=O)NCCc3cccs3)CC2)cc1. The summed E-state index contributed by atoms with van der Waals surface area (Å²) in [4.78, 5) is 35.0. The Morgan fingerprint density at radius 1 is 1.12 bits per heavy atom. The van der Waals surface area contributed by atoms with Crippen LogP contribution in [0.3, 0.4) is 0 Å². The molecule has 7 heteroatoms. The third-order valence-electron chi connectivity index (χ3n) is 6.29. The topological polar surface area (TPSA) is 62.3 Å². The number of nitrogens with one attached hydrogen (secondary N) is 1. The molecule has 0 unspecified atom stereocenters. The van der Waals surface area contributed by atoms with Gasteiger partial charge in [-0.2, -0.15) is 0 Å². The van der Waals surface area contributed by atoms with Crippen LogP contribution in [0, 0.1) is 6.92 Å². The molecular formula is C27H31N3O2S2. The highest BCUT2D eigenvalue weighted by molar-refractivity contribution is 7.98. The molecule has 0 saturated carbocycles. The molecular weight excluding hydrogens is 462 g/mol. The zero-order valence-corrected chi connectivity index (χ0v) is 21.4. The van der Waals surface area contributed by atoms with Crippen molar-refractivity contribution in [3.63, 3.8) is 0 Å². The number of likely N-dealkylation sites (tertiary alicyclic amines) is 1. The van der Waals surface area contributed by atoms with Gasteiger partial charge in [0.25, 0.3) is 5.91 Å². The van der Waals surface area contributed by atoms with E-state index in [4.69, 9.17) is 4.98 Å². The van der Waals surface area contributed by atoms with Crippen LogP contribution in [0.25, 0.3) is 0 Å². The smallest absolute Gasteiger partial charge is 0.253 e. The summed E-state index contributed by atoms with van der Waals surface area (Å²) in [6.07, 6.45) is 4.96. The fourth-order valence-electron chi connectivity index (χ4n) is 4.36. The highest BCUT2D eigenvalue weighted by atomic mass is 32.2. The molecule has 1 aliphatic heterocycles. The van der Waals surface area contributed by atoms with E-state index in [-0.39, 0.29) is 17.7 Å². The van der Waals surface area contributed by atoms with Gasteiger partial charge in [-0.25, -0.2) is 0 Å². The van der Waals surface area contributed by atoms with Gasteiger partial charge in [0.15, 0.2) is 0 Å². The zero-order valence-electron chi connectivity index (χ0n) is 19.8. The average molecular weight is 494 g/mol. The van der Waals surface area contributed by atoms with Crippen LogP contribution in [0.2, 0.25) is 0 Å². The second kappa shape index (κ2) is 11.7. The number of carbonyl (C=O) groups is 2. The molecule has 3 heterocycles. The molecule has 1 fully saturated rings. The van der Waals surface area contributed by atoms with Crippen LogP contribution < -0.4 is 5.32 Å². The summed E-state index contributed by atoms with van der Waals surface area (Å²) in [5.41, 5.74) is 3.49. The predicted molar refractivity (Wildman–Crippen MR) is 140 cm³/mol. The molecule has 1 aliphatic rings. The second-order valence-corrected chi connectivity index (χ2v) is 10.6. The lowest BCUT2D eigenvalue weighted by Crippen LogP contribution is -2.39. The number of thiophene rings is 1. The molecule has 34 heavy (non-hydrogen) atoms. The van der Waals surface area contributed by atoms with Gasteiger partial charge in [0.1, 0.15) is 0 Å². The number of benzene rings is 1. The van der Waals surface area contributed by atoms with Crippen LogP contribution in [-0.2, 0) is 17.6 Å². The summed E-state index contributed by atoms with van der Waals surface area (Å²) in [6.45, 7) is 3.96. The normalized spacial score (nSPS) is 14.2. The number of hydrogen-bond donors (Lipinski definition) is 1. The lowest BCUT2D eigenvalue weighted by molar-refractivity contribution is -0.131. The number of aromatic nitrogens is 1. The third-order valence-corrected chi connectivity index (χ3v) is 7.97. The zero-order chi connectivity index (χ0) is 23.9. The lowest BCUT2D eigenvalue weighted by Gasteiger charge is -2.32. The highest BCUT2D eigenvalue weighted by Crippen LogP contribution is 2.30. The van der Waals surface area contributed by atoms with Crippen molar-refractivity contribution < 1.29 is 9.59 Å². The van der Waals surface area contributed by atoms with Gasteiger partial charge >= 0.3 is 0 Å². The number of carbonyl (C=O) groups excluding carboxylic acids is 2. The van der Waals surface area contributed by atoms with E-state index >= 15 is 0 Å². The van der Waals surface area contributed by atoms with Gasteiger partial charge in [0.2, 0.25) is 5.91 Å². The molecule has 5 nitrogen and oxygen atoms in total. The fourth-order valence-corrected chi connectivity index (χ4v) is 5.48. The second-order valence-electron chi connectivity index (χ2n) is 8.65. The molecule has 1 N–H and O–H groups in total. The van der Waals surface area contributed by atoms with Gasteiger partial charge in [-0.3, -0.25) is 14.6 Å². The number of nitrogens with zero attached hydrogens (tertiary/aromatic N) is 2. The molecule has 3 aromatic rings. The quantitative estimate of drug-likeness (QED) is 0.444. The summed E-state index contributed by atoms with van der Waals surface area (Å²) in [5, 5.41) is 5.11. The lowest BCUT2D eigenvalue weighted by atomic mass is 9.89. The maximum Gasteiger partial charge on any atom is 0.253 e. The van der Waals surface area contributed by atoms with Crippen molar-refractivity contribution in [3.05, 3.63) is 81.3 Å². The van der Waals surface area contributed by atoms with E-state index in [1.807, 2.05) is 48.4 Å². The molecule has 1 aromatic carbocycles. The average Bonchev–Trinajstić information content (AvgIpc) is 3.38. The van der Waals surface area contributed by atoms with E-state index in [0.717, 1.165) is 36.2 Å².